The van der Waals surface area contributed by atoms with Crippen LogP contribution < -0.4 is 5.32 Å². The van der Waals surface area contributed by atoms with Crippen molar-refractivity contribution in [3.8, 4) is 0 Å². The molecule has 4 nitrogen and oxygen atoms in total. The van der Waals surface area contributed by atoms with E-state index in [4.69, 9.17) is 5.11 Å². The molecule has 0 amide bonds. The topological polar surface area (TPSA) is 62.2 Å². The number of aromatic carboxylic acids is 1. The van der Waals surface area contributed by atoms with E-state index in [1.165, 1.54) is 6.20 Å². The van der Waals surface area contributed by atoms with E-state index in [9.17, 15) is 4.79 Å². The van der Waals surface area contributed by atoms with Crippen LogP contribution in [0, 0.1) is 0 Å². The van der Waals surface area contributed by atoms with Crippen LogP contribution in [0.25, 0.3) is 0 Å². The Morgan fingerprint density at radius 1 is 1.67 bits per heavy atom. The Hall–Kier alpha value is -1.42. The first-order valence-electron chi connectivity index (χ1n) is 3.57. The van der Waals surface area contributed by atoms with Gasteiger partial charge in [-0.2, -0.15) is 0 Å². The molecule has 12 heavy (non-hydrogen) atoms. The molecular formula is C8H10N2O2. The van der Waals surface area contributed by atoms with Gasteiger partial charge in [0.25, 0.3) is 0 Å². The molecule has 1 aromatic rings. The van der Waals surface area contributed by atoms with E-state index < -0.39 is 5.97 Å². The van der Waals surface area contributed by atoms with Gasteiger partial charge in [-0.15, -0.1) is 0 Å². The standard InChI is InChI=1S/C8H10N2O2/c1-9-5-7-3-2-6(4-10-7)8(11)12/h2-4,9H,5H2,1H3,(H,11,12). The van der Waals surface area contributed by atoms with Gasteiger partial charge in [-0.3, -0.25) is 4.98 Å². The molecule has 1 aromatic heterocycles. The highest BCUT2D eigenvalue weighted by Crippen LogP contribution is 1.99. The minimum absolute atomic E-state index is 0.217. The summed E-state index contributed by atoms with van der Waals surface area (Å²) in [7, 11) is 1.81. The van der Waals surface area contributed by atoms with E-state index in [1.807, 2.05) is 7.05 Å². The molecule has 0 aliphatic carbocycles. The zero-order valence-electron chi connectivity index (χ0n) is 6.74. The molecule has 0 saturated carbocycles. The Bertz CT molecular complexity index is 269. The molecule has 0 saturated heterocycles. The number of rotatable bonds is 3. The molecule has 0 aliphatic heterocycles. The monoisotopic (exact) mass is 166 g/mol. The third kappa shape index (κ3) is 2.03. The van der Waals surface area contributed by atoms with Crippen LogP contribution >= 0.6 is 0 Å². The Labute approximate surface area is 70.3 Å². The smallest absolute Gasteiger partial charge is 0.337 e. The number of carboxylic acid groups (broad SMARTS) is 1. The van der Waals surface area contributed by atoms with Crippen molar-refractivity contribution in [2.75, 3.05) is 7.05 Å². The fourth-order valence-corrected chi connectivity index (χ4v) is 0.837. The fourth-order valence-electron chi connectivity index (χ4n) is 0.837. The molecule has 0 bridgehead atoms. The van der Waals surface area contributed by atoms with Gasteiger partial charge < -0.3 is 10.4 Å². The highest BCUT2D eigenvalue weighted by molar-refractivity contribution is 5.87. The van der Waals surface area contributed by atoms with E-state index in [0.717, 1.165) is 5.69 Å². The van der Waals surface area contributed by atoms with Crippen molar-refractivity contribution in [2.24, 2.45) is 0 Å². The number of aromatic nitrogens is 1. The predicted molar refractivity (Wildman–Crippen MR) is 44.0 cm³/mol. The maximum atomic E-state index is 10.4. The number of hydrogen-bond acceptors (Lipinski definition) is 3. The van der Waals surface area contributed by atoms with E-state index in [1.54, 1.807) is 12.1 Å². The minimum atomic E-state index is -0.946. The van der Waals surface area contributed by atoms with Crippen LogP contribution in [0.2, 0.25) is 0 Å². The second-order valence-electron chi connectivity index (χ2n) is 2.37. The molecule has 0 aliphatic rings. The Balaban J connectivity index is 2.78. The summed E-state index contributed by atoms with van der Waals surface area (Å²) >= 11 is 0. The lowest BCUT2D eigenvalue weighted by molar-refractivity contribution is 0.0696. The van der Waals surface area contributed by atoms with Crippen molar-refractivity contribution in [1.82, 2.24) is 10.3 Å². The van der Waals surface area contributed by atoms with Crippen LogP contribution in [0.4, 0.5) is 0 Å². The SMILES string of the molecule is CNCc1ccc(C(=O)O)cn1. The molecule has 2 N–H and O–H groups in total. The lowest BCUT2D eigenvalue weighted by atomic mass is 10.2. The first-order valence-corrected chi connectivity index (χ1v) is 3.57. The molecule has 0 aromatic carbocycles. The van der Waals surface area contributed by atoms with Gasteiger partial charge in [0.1, 0.15) is 0 Å². The first-order chi connectivity index (χ1) is 5.74. The number of carboxylic acids is 1. The highest BCUT2D eigenvalue weighted by atomic mass is 16.4. The van der Waals surface area contributed by atoms with Crippen LogP contribution in [-0.4, -0.2) is 23.1 Å². The maximum absolute atomic E-state index is 10.4. The number of hydrogen-bond donors (Lipinski definition) is 2. The van der Waals surface area contributed by atoms with E-state index in [0.29, 0.717) is 6.54 Å². The third-order valence-corrected chi connectivity index (χ3v) is 1.43. The van der Waals surface area contributed by atoms with Gasteiger partial charge in [0.05, 0.1) is 11.3 Å². The van der Waals surface area contributed by atoms with E-state index >= 15 is 0 Å². The van der Waals surface area contributed by atoms with Crippen molar-refractivity contribution in [2.45, 2.75) is 6.54 Å². The van der Waals surface area contributed by atoms with Crippen LogP contribution in [0.1, 0.15) is 16.1 Å². The fraction of sp³-hybridized carbons (Fsp3) is 0.250. The molecule has 0 unspecified atom stereocenters. The summed E-state index contributed by atoms with van der Waals surface area (Å²) in [6.45, 7) is 0.653. The van der Waals surface area contributed by atoms with Crippen molar-refractivity contribution in [3.05, 3.63) is 29.6 Å². The zero-order valence-corrected chi connectivity index (χ0v) is 6.74. The third-order valence-electron chi connectivity index (χ3n) is 1.43. The second kappa shape index (κ2) is 3.82. The van der Waals surface area contributed by atoms with E-state index in [2.05, 4.69) is 10.3 Å². The molecule has 4 heteroatoms. The van der Waals surface area contributed by atoms with Crippen LogP contribution in [0.3, 0.4) is 0 Å². The average molecular weight is 166 g/mol. The summed E-state index contributed by atoms with van der Waals surface area (Å²) in [5.74, 6) is -0.946. The highest BCUT2D eigenvalue weighted by Gasteiger charge is 2.01. The number of pyridine rings is 1. The van der Waals surface area contributed by atoms with Crippen LogP contribution in [0.15, 0.2) is 18.3 Å². The quantitative estimate of drug-likeness (QED) is 0.686. The Morgan fingerprint density at radius 2 is 2.42 bits per heavy atom. The Morgan fingerprint density at radius 3 is 2.83 bits per heavy atom. The van der Waals surface area contributed by atoms with Gasteiger partial charge in [-0.25, -0.2) is 4.79 Å². The lowest BCUT2D eigenvalue weighted by Crippen LogP contribution is -2.07. The summed E-state index contributed by atoms with van der Waals surface area (Å²) in [5, 5.41) is 11.5. The number of nitrogens with zero attached hydrogens (tertiary/aromatic N) is 1. The summed E-state index contributed by atoms with van der Waals surface area (Å²) in [4.78, 5) is 14.4. The molecule has 0 radical (unpaired) electrons. The number of carbonyl (C=O) groups is 1. The van der Waals surface area contributed by atoms with Crippen molar-refractivity contribution in [1.29, 1.82) is 0 Å². The maximum Gasteiger partial charge on any atom is 0.337 e. The summed E-state index contributed by atoms with van der Waals surface area (Å²) in [5.41, 5.74) is 1.05. The van der Waals surface area contributed by atoms with E-state index in [-0.39, 0.29) is 5.56 Å². The normalized spacial score (nSPS) is 9.75. The molecule has 64 valence electrons. The van der Waals surface area contributed by atoms with Crippen molar-refractivity contribution >= 4 is 5.97 Å². The first kappa shape index (κ1) is 8.67. The molecule has 0 fully saturated rings. The molecule has 1 heterocycles. The largest absolute Gasteiger partial charge is 0.478 e. The summed E-state index contributed by atoms with van der Waals surface area (Å²) in [6.07, 6.45) is 1.36. The molecule has 1 rings (SSSR count). The zero-order chi connectivity index (χ0) is 8.97. The molecular weight excluding hydrogens is 156 g/mol. The average Bonchev–Trinajstić information content (AvgIpc) is 2.06. The van der Waals surface area contributed by atoms with Gasteiger partial charge in [0.15, 0.2) is 0 Å². The van der Waals surface area contributed by atoms with Crippen LogP contribution in [0.5, 0.6) is 0 Å². The minimum Gasteiger partial charge on any atom is -0.478 e. The van der Waals surface area contributed by atoms with Gasteiger partial charge >= 0.3 is 5.97 Å². The number of nitrogens with one attached hydrogen (secondary N) is 1. The van der Waals surface area contributed by atoms with Gasteiger partial charge in [-0.05, 0) is 19.2 Å². The molecule has 0 spiro atoms. The van der Waals surface area contributed by atoms with Gasteiger partial charge in [0.2, 0.25) is 0 Å². The lowest BCUT2D eigenvalue weighted by Gasteiger charge is -1.98. The summed E-state index contributed by atoms with van der Waals surface area (Å²) in [6, 6.07) is 3.24. The Kier molecular flexibility index (Phi) is 2.76. The van der Waals surface area contributed by atoms with Crippen molar-refractivity contribution in [3.63, 3.8) is 0 Å². The predicted octanol–water partition coefficient (Wildman–Crippen LogP) is 0.499. The second-order valence-corrected chi connectivity index (χ2v) is 2.37. The summed E-state index contributed by atoms with van der Waals surface area (Å²) < 4.78 is 0. The van der Waals surface area contributed by atoms with Crippen LogP contribution in [-0.2, 0) is 6.54 Å². The van der Waals surface area contributed by atoms with Gasteiger partial charge in [-0.1, -0.05) is 0 Å². The van der Waals surface area contributed by atoms with Gasteiger partial charge in [0, 0.05) is 12.7 Å². The molecule has 0 atom stereocenters. The van der Waals surface area contributed by atoms with Crippen molar-refractivity contribution < 1.29 is 9.90 Å².